The van der Waals surface area contributed by atoms with Gasteiger partial charge in [0, 0.05) is 10.7 Å². The van der Waals surface area contributed by atoms with Gasteiger partial charge in [-0.3, -0.25) is 4.79 Å². The molecule has 2 atom stereocenters. The fourth-order valence-corrected chi connectivity index (χ4v) is 4.02. The zero-order chi connectivity index (χ0) is 12.6. The van der Waals surface area contributed by atoms with E-state index in [0.717, 1.165) is 10.7 Å². The van der Waals surface area contributed by atoms with Gasteiger partial charge in [-0.05, 0) is 18.8 Å². The molecule has 1 heterocycles. The smallest absolute Gasteiger partial charge is 0.274 e. The third-order valence-electron chi connectivity index (χ3n) is 3.44. The molecule has 0 aromatic carbocycles. The van der Waals surface area contributed by atoms with Crippen LogP contribution in [0, 0.1) is 5.92 Å². The molecule has 1 saturated heterocycles. The van der Waals surface area contributed by atoms with Crippen LogP contribution < -0.4 is 0 Å². The largest absolute Gasteiger partial charge is 0.324 e. The quantitative estimate of drug-likeness (QED) is 0.567. The summed E-state index contributed by atoms with van der Waals surface area (Å²) in [5.74, 6) is -0.00544. The predicted molar refractivity (Wildman–Crippen MR) is 63.3 cm³/mol. The Morgan fingerprint density at radius 3 is 2.38 bits per heavy atom. The minimum atomic E-state index is -3.93. The van der Waals surface area contributed by atoms with Crippen LogP contribution >= 0.6 is 10.7 Å². The van der Waals surface area contributed by atoms with Crippen LogP contribution in [0.15, 0.2) is 0 Å². The molecule has 1 amide bonds. The van der Waals surface area contributed by atoms with E-state index in [-0.39, 0.29) is 5.91 Å². The Morgan fingerprint density at radius 1 is 1.50 bits per heavy atom. The molecule has 6 heteroatoms. The van der Waals surface area contributed by atoms with Crippen molar-refractivity contribution in [3.63, 3.8) is 0 Å². The van der Waals surface area contributed by atoms with Gasteiger partial charge in [0.05, 0.1) is 12.0 Å². The van der Waals surface area contributed by atoms with Gasteiger partial charge in [0.15, 0.2) is 0 Å². The molecule has 1 aliphatic rings. The van der Waals surface area contributed by atoms with E-state index in [1.165, 1.54) is 0 Å². The third kappa shape index (κ3) is 2.35. The first-order valence-corrected chi connectivity index (χ1v) is 7.81. The van der Waals surface area contributed by atoms with Gasteiger partial charge in [-0.2, -0.15) is 8.42 Å². The second kappa shape index (κ2) is 4.53. The molecule has 1 fully saturated rings. The van der Waals surface area contributed by atoms with E-state index in [1.54, 1.807) is 0 Å². The van der Waals surface area contributed by atoms with Crippen LogP contribution in [-0.2, 0) is 14.0 Å². The number of carbonyl (C=O) groups excluding carboxylic acids is 1. The third-order valence-corrected chi connectivity index (χ3v) is 4.88. The number of halogens is 1. The van der Waals surface area contributed by atoms with Crippen molar-refractivity contribution in [2.45, 2.75) is 52.0 Å². The lowest BCUT2D eigenvalue weighted by Gasteiger charge is -2.50. The maximum Gasteiger partial charge on any atom is 0.324 e. The molecule has 4 nitrogen and oxygen atoms in total. The number of carbonyl (C=O) groups is 1. The van der Waals surface area contributed by atoms with E-state index in [9.17, 15) is 13.2 Å². The number of amides is 1. The Morgan fingerprint density at radius 2 is 2.06 bits per heavy atom. The van der Waals surface area contributed by atoms with Crippen molar-refractivity contribution >= 4 is 25.8 Å². The Hall–Kier alpha value is -0.290. The molecular formula is C10H18ClNO3S. The second-order valence-corrected chi connectivity index (χ2v) is 6.93. The van der Waals surface area contributed by atoms with Gasteiger partial charge in [0.2, 0.25) is 5.91 Å². The van der Waals surface area contributed by atoms with Crippen molar-refractivity contribution in [3.05, 3.63) is 0 Å². The maximum absolute atomic E-state index is 11.4. The summed E-state index contributed by atoms with van der Waals surface area (Å²) in [7, 11) is 1.36. The zero-order valence-corrected chi connectivity index (χ0v) is 11.4. The van der Waals surface area contributed by atoms with Crippen LogP contribution in [0.5, 0.6) is 0 Å². The summed E-state index contributed by atoms with van der Waals surface area (Å²) in [5.41, 5.74) is -0.576. The fraction of sp³-hybridized carbons (Fsp3) is 0.900. The summed E-state index contributed by atoms with van der Waals surface area (Å²) in [4.78, 5) is 11.4. The number of β-lactam (4-membered cyclic amide) rings is 1. The van der Waals surface area contributed by atoms with Crippen molar-refractivity contribution in [1.29, 1.82) is 0 Å². The summed E-state index contributed by atoms with van der Waals surface area (Å²) in [6, 6.07) is 0. The summed E-state index contributed by atoms with van der Waals surface area (Å²) >= 11 is 0. The molecule has 16 heavy (non-hydrogen) atoms. The molecule has 0 aromatic rings. The molecule has 0 saturated carbocycles. The lowest BCUT2D eigenvalue weighted by atomic mass is 9.77. The summed E-state index contributed by atoms with van der Waals surface area (Å²) < 4.78 is 23.5. The molecular weight excluding hydrogens is 250 g/mol. The van der Waals surface area contributed by atoms with Gasteiger partial charge in [-0.25, -0.2) is 4.31 Å². The summed E-state index contributed by atoms with van der Waals surface area (Å²) in [5, 5.41) is 0. The molecule has 0 aromatic heterocycles. The lowest BCUT2D eigenvalue weighted by molar-refractivity contribution is -0.146. The molecule has 0 radical (unpaired) electrons. The van der Waals surface area contributed by atoms with Crippen molar-refractivity contribution in [2.75, 3.05) is 0 Å². The summed E-state index contributed by atoms with van der Waals surface area (Å²) in [6.07, 6.45) is 2.57. The van der Waals surface area contributed by atoms with Crippen LogP contribution in [0.25, 0.3) is 0 Å². The molecule has 0 N–H and O–H groups in total. The predicted octanol–water partition coefficient (Wildman–Crippen LogP) is 2.29. The van der Waals surface area contributed by atoms with Crippen molar-refractivity contribution in [1.82, 2.24) is 4.31 Å². The Labute approximate surface area is 102 Å². The minimum Gasteiger partial charge on any atom is -0.274 e. The van der Waals surface area contributed by atoms with E-state index < -0.39 is 14.8 Å². The van der Waals surface area contributed by atoms with E-state index in [0.29, 0.717) is 25.2 Å². The number of nitrogens with zero attached hydrogens (tertiary/aromatic N) is 1. The zero-order valence-electron chi connectivity index (χ0n) is 9.86. The SMILES string of the molecule is CCC(C)CC1(CC)CC(=O)N1S(=O)(=O)Cl. The monoisotopic (exact) mass is 267 g/mol. The van der Waals surface area contributed by atoms with Crippen LogP contribution in [0.1, 0.15) is 46.5 Å². The Balaban J connectivity index is 2.94. The molecule has 2 unspecified atom stereocenters. The standard InChI is InChI=1S/C10H18ClNO3S/c1-4-8(3)6-10(5-2)7-9(13)12(10)16(11,14)15/h8H,4-7H2,1-3H3. The van der Waals surface area contributed by atoms with Gasteiger partial charge in [-0.15, -0.1) is 0 Å². The van der Waals surface area contributed by atoms with Gasteiger partial charge < -0.3 is 0 Å². The first-order chi connectivity index (χ1) is 7.27. The Kier molecular flexibility index (Phi) is 3.90. The van der Waals surface area contributed by atoms with Gasteiger partial charge in [-0.1, -0.05) is 27.2 Å². The van der Waals surface area contributed by atoms with Gasteiger partial charge in [0.1, 0.15) is 0 Å². The number of rotatable bonds is 5. The molecule has 1 rings (SSSR count). The van der Waals surface area contributed by atoms with Gasteiger partial charge in [0.25, 0.3) is 0 Å². The van der Waals surface area contributed by atoms with Crippen LogP contribution in [0.3, 0.4) is 0 Å². The molecule has 94 valence electrons. The van der Waals surface area contributed by atoms with E-state index in [4.69, 9.17) is 10.7 Å². The maximum atomic E-state index is 11.4. The highest BCUT2D eigenvalue weighted by atomic mass is 35.7. The van der Waals surface area contributed by atoms with Crippen molar-refractivity contribution in [2.24, 2.45) is 5.92 Å². The first-order valence-electron chi connectivity index (χ1n) is 5.54. The average Bonchev–Trinajstić information content (AvgIpc) is 2.12. The minimum absolute atomic E-state index is 0.291. The second-order valence-electron chi connectivity index (χ2n) is 4.57. The fourth-order valence-electron chi connectivity index (χ4n) is 2.31. The highest BCUT2D eigenvalue weighted by Gasteiger charge is 2.55. The van der Waals surface area contributed by atoms with Crippen molar-refractivity contribution < 1.29 is 13.2 Å². The first kappa shape index (κ1) is 13.8. The van der Waals surface area contributed by atoms with E-state index >= 15 is 0 Å². The topological polar surface area (TPSA) is 54.5 Å². The van der Waals surface area contributed by atoms with Crippen LogP contribution in [0.2, 0.25) is 0 Å². The average molecular weight is 268 g/mol. The van der Waals surface area contributed by atoms with E-state index in [2.05, 4.69) is 6.92 Å². The van der Waals surface area contributed by atoms with Crippen LogP contribution in [0.4, 0.5) is 0 Å². The molecule has 0 spiro atoms. The van der Waals surface area contributed by atoms with Crippen LogP contribution in [-0.4, -0.2) is 24.2 Å². The Bertz CT molecular complexity index is 382. The molecule has 1 aliphatic heterocycles. The lowest BCUT2D eigenvalue weighted by Crippen LogP contribution is -2.64. The summed E-state index contributed by atoms with van der Waals surface area (Å²) in [6.45, 7) is 6.00. The highest BCUT2D eigenvalue weighted by molar-refractivity contribution is 8.12. The molecule has 0 bridgehead atoms. The van der Waals surface area contributed by atoms with E-state index in [1.807, 2.05) is 13.8 Å². The molecule has 0 aliphatic carbocycles. The normalized spacial score (nSPS) is 27.8. The van der Waals surface area contributed by atoms with Crippen molar-refractivity contribution in [3.8, 4) is 0 Å². The number of hydrogen-bond donors (Lipinski definition) is 0. The highest BCUT2D eigenvalue weighted by Crippen LogP contribution is 2.43. The number of hydrogen-bond acceptors (Lipinski definition) is 3. The van der Waals surface area contributed by atoms with Gasteiger partial charge >= 0.3 is 9.24 Å².